The normalized spacial score (nSPS) is 26.7. The molecule has 0 bridgehead atoms. The largest absolute Gasteiger partial charge is 0.196 e. The molecule has 0 radical (unpaired) electrons. The highest BCUT2D eigenvalue weighted by molar-refractivity contribution is 6.99. The molecule has 9 aliphatic rings. The third-order valence-corrected chi connectivity index (χ3v) is 10.6. The number of hydrogen-bond acceptors (Lipinski definition) is 0. The SMILES string of the molecule is CC.CC.CC.C[B-](C1=C2C=CC=C3C=CC=C(C=C1)C32)(C1=C2C=CC=C3C=CC=C(C=C1)C32)C1=C2C=CC=C3C=CC=C(C=C1)C32. The van der Waals surface area contributed by atoms with Gasteiger partial charge in [-0.25, -0.2) is 0 Å². The van der Waals surface area contributed by atoms with Crippen molar-refractivity contribution < 1.29 is 0 Å². The molecule has 0 heterocycles. The maximum Gasteiger partial charge on any atom is 0.0799 e. The van der Waals surface area contributed by atoms with Gasteiger partial charge in [0.25, 0.3) is 0 Å². The Morgan fingerprint density at radius 3 is 0.830 bits per heavy atom. The van der Waals surface area contributed by atoms with Crippen molar-refractivity contribution in [2.45, 2.75) is 48.4 Å². The molecule has 0 saturated heterocycles. The third-order valence-electron chi connectivity index (χ3n) is 10.6. The lowest BCUT2D eigenvalue weighted by molar-refractivity contribution is 0.861. The summed E-state index contributed by atoms with van der Waals surface area (Å²) in [5.74, 6) is 0.912. The summed E-state index contributed by atoms with van der Waals surface area (Å²) in [6.45, 7) is 14.6. The maximum absolute atomic E-state index is 2.56. The van der Waals surface area contributed by atoms with Gasteiger partial charge in [-0.3, -0.25) is 0 Å². The Bertz CT molecular complexity index is 1680. The summed E-state index contributed by atoms with van der Waals surface area (Å²) >= 11 is 0. The molecule has 0 nitrogen and oxygen atoms in total. The van der Waals surface area contributed by atoms with Crippen LogP contribution in [0.5, 0.6) is 0 Å². The lowest BCUT2D eigenvalue weighted by atomic mass is 9.13. The first-order valence-electron chi connectivity index (χ1n) is 18.0. The number of allylic oxidation sites excluding steroid dienone is 36. The summed E-state index contributed by atoms with van der Waals surface area (Å²) in [6, 6.07) is 0. The fourth-order valence-electron chi connectivity index (χ4n) is 8.75. The zero-order chi connectivity index (χ0) is 33.1. The van der Waals surface area contributed by atoms with Gasteiger partial charge in [-0.1, -0.05) is 204 Å². The van der Waals surface area contributed by atoms with Crippen LogP contribution in [0.3, 0.4) is 0 Å². The van der Waals surface area contributed by atoms with Crippen molar-refractivity contribution in [2.75, 3.05) is 0 Å². The first-order valence-corrected chi connectivity index (χ1v) is 18.0. The minimum absolute atomic E-state index is 0.304. The highest BCUT2D eigenvalue weighted by Crippen LogP contribution is 2.53. The van der Waals surface area contributed by atoms with Crippen molar-refractivity contribution in [3.63, 3.8) is 0 Å². The second kappa shape index (κ2) is 13.6. The summed E-state index contributed by atoms with van der Waals surface area (Å²) < 4.78 is 0. The van der Waals surface area contributed by atoms with Gasteiger partial charge in [0.15, 0.2) is 0 Å². The van der Waals surface area contributed by atoms with Crippen LogP contribution in [0, 0.1) is 17.8 Å². The van der Waals surface area contributed by atoms with E-state index in [-0.39, 0.29) is 0 Å². The van der Waals surface area contributed by atoms with Crippen molar-refractivity contribution in [1.29, 1.82) is 0 Å². The molecule has 0 aromatic heterocycles. The Labute approximate surface area is 283 Å². The average molecular weight is 612 g/mol. The minimum Gasteiger partial charge on any atom is -0.196 e. The molecule has 0 aromatic rings. The van der Waals surface area contributed by atoms with Crippen LogP contribution in [-0.4, -0.2) is 6.15 Å². The number of hydrogen-bond donors (Lipinski definition) is 0. The van der Waals surface area contributed by atoms with E-state index in [1.807, 2.05) is 41.5 Å². The zero-order valence-corrected chi connectivity index (χ0v) is 29.2. The predicted molar refractivity (Wildman–Crippen MR) is 208 cm³/mol. The van der Waals surface area contributed by atoms with Crippen LogP contribution in [0.2, 0.25) is 6.82 Å². The van der Waals surface area contributed by atoms with Crippen LogP contribution >= 0.6 is 0 Å². The molecule has 9 rings (SSSR count). The van der Waals surface area contributed by atoms with Crippen molar-refractivity contribution in [2.24, 2.45) is 17.8 Å². The summed E-state index contributed by atoms with van der Waals surface area (Å²) in [6.07, 6.45) is 54.4. The summed E-state index contributed by atoms with van der Waals surface area (Å²) in [5.41, 5.74) is 17.1. The molecule has 0 N–H and O–H groups in total. The standard InChI is InChI=1S/C40H30B.3C2H6/c1-41(35-23-20-29-11-2-8-26-14-5-17-32(35)38(26)29,36-24-21-30-12-3-9-27-15-6-18-33(36)39(27)30)37-25-22-31-13-4-10-28-16-7-19-34(37)40(28)31;3*1-2/h2-25,38-40H,1H3;3*1-2H3/q-1;;;. The molecular weight excluding hydrogens is 563 g/mol. The van der Waals surface area contributed by atoms with Gasteiger partial charge in [0.1, 0.15) is 0 Å². The molecule has 47 heavy (non-hydrogen) atoms. The van der Waals surface area contributed by atoms with Crippen molar-refractivity contribution >= 4 is 6.15 Å². The van der Waals surface area contributed by atoms with Gasteiger partial charge in [-0.2, -0.15) is 23.2 Å². The van der Waals surface area contributed by atoms with Crippen LogP contribution in [0.1, 0.15) is 41.5 Å². The smallest absolute Gasteiger partial charge is 0.0799 e. The maximum atomic E-state index is 2.56. The van der Waals surface area contributed by atoms with Gasteiger partial charge in [-0.15, -0.1) is 0 Å². The Balaban J connectivity index is 0.000000612. The molecule has 236 valence electrons. The van der Waals surface area contributed by atoms with Gasteiger partial charge in [-0.05, 0) is 33.4 Å². The molecule has 0 aliphatic heterocycles. The first kappa shape index (κ1) is 32.3. The highest BCUT2D eigenvalue weighted by Gasteiger charge is 2.41. The van der Waals surface area contributed by atoms with E-state index in [0.29, 0.717) is 17.8 Å². The summed E-state index contributed by atoms with van der Waals surface area (Å²) in [7, 11) is 0. The summed E-state index contributed by atoms with van der Waals surface area (Å²) in [5, 5.41) is 0. The quantitative estimate of drug-likeness (QED) is 0.279. The zero-order valence-electron chi connectivity index (χ0n) is 29.2. The second-order valence-electron chi connectivity index (χ2n) is 12.5. The van der Waals surface area contributed by atoms with Crippen LogP contribution in [0.25, 0.3) is 0 Å². The molecule has 0 fully saturated rings. The fraction of sp³-hybridized carbons (Fsp3) is 0.217. The molecule has 9 aliphatic carbocycles. The van der Waals surface area contributed by atoms with Crippen LogP contribution in [0.15, 0.2) is 212 Å². The predicted octanol–water partition coefficient (Wildman–Crippen LogP) is 12.2. The number of rotatable bonds is 3. The minimum atomic E-state index is -1.33. The van der Waals surface area contributed by atoms with E-state index >= 15 is 0 Å². The molecule has 3 unspecified atom stereocenters. The Hall–Kier alpha value is -4.62. The van der Waals surface area contributed by atoms with Gasteiger partial charge < -0.3 is 0 Å². The van der Waals surface area contributed by atoms with E-state index < -0.39 is 6.15 Å². The Morgan fingerprint density at radius 2 is 0.553 bits per heavy atom. The van der Waals surface area contributed by atoms with Crippen molar-refractivity contribution in [1.82, 2.24) is 0 Å². The molecular formula is C46H48B-. The molecule has 0 spiro atoms. The lowest BCUT2D eigenvalue weighted by Crippen LogP contribution is -2.44. The monoisotopic (exact) mass is 611 g/mol. The van der Waals surface area contributed by atoms with Gasteiger partial charge in [0.05, 0.1) is 6.15 Å². The molecule has 1 heteroatoms. The molecule has 0 amide bonds. The van der Waals surface area contributed by atoms with E-state index in [0.717, 1.165) is 0 Å². The van der Waals surface area contributed by atoms with Crippen molar-refractivity contribution in [3.05, 3.63) is 212 Å². The van der Waals surface area contributed by atoms with Crippen LogP contribution in [0.4, 0.5) is 0 Å². The van der Waals surface area contributed by atoms with E-state index in [9.17, 15) is 0 Å². The van der Waals surface area contributed by atoms with E-state index in [2.05, 4.69) is 153 Å². The third kappa shape index (κ3) is 5.08. The molecule has 3 atom stereocenters. The van der Waals surface area contributed by atoms with E-state index in [1.165, 1.54) is 66.6 Å². The first-order chi connectivity index (χ1) is 23.2. The highest BCUT2D eigenvalue weighted by atomic mass is 14.4. The van der Waals surface area contributed by atoms with Gasteiger partial charge in [0, 0.05) is 17.8 Å². The van der Waals surface area contributed by atoms with E-state index in [4.69, 9.17) is 0 Å². The summed E-state index contributed by atoms with van der Waals surface area (Å²) in [4.78, 5) is 0. The van der Waals surface area contributed by atoms with Crippen LogP contribution in [-0.2, 0) is 0 Å². The lowest BCUT2D eigenvalue weighted by Gasteiger charge is -2.51. The Morgan fingerprint density at radius 1 is 0.319 bits per heavy atom. The molecule has 0 saturated carbocycles. The topological polar surface area (TPSA) is 0 Å². The van der Waals surface area contributed by atoms with Gasteiger partial charge in [0.2, 0.25) is 0 Å². The fourth-order valence-corrected chi connectivity index (χ4v) is 8.75. The van der Waals surface area contributed by atoms with Crippen LogP contribution < -0.4 is 0 Å². The second-order valence-corrected chi connectivity index (χ2v) is 12.5. The van der Waals surface area contributed by atoms with Crippen molar-refractivity contribution in [3.8, 4) is 0 Å². The van der Waals surface area contributed by atoms with E-state index in [1.54, 1.807) is 0 Å². The average Bonchev–Trinajstić information content (AvgIpc) is 3.15. The van der Waals surface area contributed by atoms with Gasteiger partial charge >= 0.3 is 0 Å². The molecule has 0 aromatic carbocycles. The Kier molecular flexibility index (Phi) is 9.37.